The highest BCUT2D eigenvalue weighted by atomic mass is 16.5. The Morgan fingerprint density at radius 2 is 1.97 bits per heavy atom. The molecule has 1 amide bonds. The number of ether oxygens (including phenoxy) is 2. The Morgan fingerprint density at radius 1 is 1.25 bits per heavy atom. The summed E-state index contributed by atoms with van der Waals surface area (Å²) in [7, 11) is 3.40. The number of fused-ring (bicyclic) bond motifs is 1. The quantitative estimate of drug-likeness (QED) is 0.471. The van der Waals surface area contributed by atoms with E-state index in [9.17, 15) is 4.79 Å². The zero-order valence-electron chi connectivity index (χ0n) is 19.9. The van der Waals surface area contributed by atoms with Crippen molar-refractivity contribution >= 4 is 11.9 Å². The third-order valence-electron chi connectivity index (χ3n) is 8.07. The monoisotopic (exact) mass is 441 g/mol. The highest BCUT2D eigenvalue weighted by molar-refractivity contribution is 5.99. The maximum absolute atomic E-state index is 14.1. The van der Waals surface area contributed by atoms with Gasteiger partial charge in [-0.05, 0) is 79.9 Å². The van der Waals surface area contributed by atoms with E-state index in [1.54, 1.807) is 14.2 Å². The number of methoxy groups -OCH3 is 2. The van der Waals surface area contributed by atoms with Crippen molar-refractivity contribution in [1.82, 2.24) is 4.90 Å². The van der Waals surface area contributed by atoms with E-state index in [1.165, 1.54) is 35.3 Å². The Bertz CT molecular complexity index is 843. The van der Waals surface area contributed by atoms with Crippen molar-refractivity contribution in [1.29, 1.82) is 5.41 Å². The van der Waals surface area contributed by atoms with Crippen LogP contribution >= 0.6 is 0 Å². The summed E-state index contributed by atoms with van der Waals surface area (Å²) in [6.07, 6.45) is 10.1. The Hall–Kier alpha value is -1.92. The SMILES string of the molecule is COCC(C)N(C(=N)N)C(=O)[C@@H]1c2cc(CCC3CC3)ccc2CC12CCC(OC)CC2. The van der Waals surface area contributed by atoms with Crippen LogP contribution in [0.1, 0.15) is 74.5 Å². The van der Waals surface area contributed by atoms with Gasteiger partial charge in [-0.15, -0.1) is 0 Å². The molecule has 1 spiro atoms. The van der Waals surface area contributed by atoms with E-state index >= 15 is 0 Å². The lowest BCUT2D eigenvalue weighted by atomic mass is 9.65. The zero-order valence-corrected chi connectivity index (χ0v) is 19.9. The number of carbonyl (C=O) groups excluding carboxylic acids is 1. The van der Waals surface area contributed by atoms with E-state index in [2.05, 4.69) is 18.2 Å². The molecule has 1 aromatic rings. The van der Waals surface area contributed by atoms with Gasteiger partial charge in [-0.2, -0.15) is 0 Å². The average Bonchev–Trinajstić information content (AvgIpc) is 3.54. The Balaban J connectivity index is 1.68. The largest absolute Gasteiger partial charge is 0.383 e. The van der Waals surface area contributed by atoms with E-state index in [4.69, 9.17) is 20.6 Å². The van der Waals surface area contributed by atoms with Crippen LogP contribution in [0.2, 0.25) is 0 Å². The van der Waals surface area contributed by atoms with E-state index in [0.717, 1.165) is 50.0 Å². The van der Waals surface area contributed by atoms with E-state index in [-0.39, 0.29) is 35.3 Å². The summed E-state index contributed by atoms with van der Waals surface area (Å²) >= 11 is 0. The topological polar surface area (TPSA) is 88.6 Å². The molecule has 1 aromatic carbocycles. The molecular formula is C26H39N3O3. The predicted octanol–water partition coefficient (Wildman–Crippen LogP) is 4.00. The van der Waals surface area contributed by atoms with Crippen LogP contribution in [-0.4, -0.2) is 49.7 Å². The molecule has 0 saturated heterocycles. The zero-order chi connectivity index (χ0) is 22.9. The summed E-state index contributed by atoms with van der Waals surface area (Å²) in [6, 6.07) is 6.53. The Labute approximate surface area is 192 Å². The molecule has 2 atom stereocenters. The van der Waals surface area contributed by atoms with Crippen molar-refractivity contribution in [2.45, 2.75) is 82.8 Å². The summed E-state index contributed by atoms with van der Waals surface area (Å²) in [5.41, 5.74) is 9.61. The second-order valence-corrected chi connectivity index (χ2v) is 10.3. The van der Waals surface area contributed by atoms with Gasteiger partial charge in [-0.25, -0.2) is 0 Å². The van der Waals surface area contributed by atoms with Crippen LogP contribution in [0.5, 0.6) is 0 Å². The second-order valence-electron chi connectivity index (χ2n) is 10.3. The number of aryl methyl sites for hydroxylation is 1. The fraction of sp³-hybridized carbons (Fsp3) is 0.692. The van der Waals surface area contributed by atoms with Gasteiger partial charge in [0.15, 0.2) is 5.96 Å². The highest BCUT2D eigenvalue weighted by Crippen LogP contribution is 2.56. The predicted molar refractivity (Wildman–Crippen MR) is 126 cm³/mol. The molecule has 1 unspecified atom stereocenters. The molecule has 32 heavy (non-hydrogen) atoms. The summed E-state index contributed by atoms with van der Waals surface area (Å²) in [5, 5.41) is 8.17. The maximum atomic E-state index is 14.1. The first-order valence-electron chi connectivity index (χ1n) is 12.2. The third kappa shape index (κ3) is 4.58. The number of nitrogens with two attached hydrogens (primary N) is 1. The number of guanidine groups is 1. The lowest BCUT2D eigenvalue weighted by Gasteiger charge is -2.43. The molecule has 6 nitrogen and oxygen atoms in total. The van der Waals surface area contributed by atoms with E-state index in [0.29, 0.717) is 6.61 Å². The van der Waals surface area contributed by atoms with Gasteiger partial charge in [0.25, 0.3) is 0 Å². The second kappa shape index (κ2) is 9.52. The number of nitrogens with one attached hydrogen (secondary N) is 1. The molecule has 0 heterocycles. The number of amides is 1. The van der Waals surface area contributed by atoms with Gasteiger partial charge < -0.3 is 15.2 Å². The van der Waals surface area contributed by atoms with Gasteiger partial charge in [0, 0.05) is 14.2 Å². The van der Waals surface area contributed by atoms with Gasteiger partial charge in [0.1, 0.15) is 0 Å². The molecule has 4 rings (SSSR count). The van der Waals surface area contributed by atoms with Gasteiger partial charge in [0.2, 0.25) is 5.91 Å². The lowest BCUT2D eigenvalue weighted by molar-refractivity contribution is -0.135. The van der Waals surface area contributed by atoms with Crippen molar-refractivity contribution in [3.63, 3.8) is 0 Å². The summed E-state index contributed by atoms with van der Waals surface area (Å²) in [5.74, 6) is 0.383. The minimum absolute atomic E-state index is 0.0454. The van der Waals surface area contributed by atoms with Crippen molar-refractivity contribution in [2.24, 2.45) is 17.1 Å². The smallest absolute Gasteiger partial charge is 0.237 e. The van der Waals surface area contributed by atoms with Crippen LogP contribution in [0, 0.1) is 16.7 Å². The molecule has 0 bridgehead atoms. The van der Waals surface area contributed by atoms with Crippen molar-refractivity contribution in [3.8, 4) is 0 Å². The molecule has 6 heteroatoms. The lowest BCUT2D eigenvalue weighted by Crippen LogP contribution is -2.52. The molecular weight excluding hydrogens is 402 g/mol. The van der Waals surface area contributed by atoms with Gasteiger partial charge in [-0.1, -0.05) is 31.0 Å². The number of carbonyl (C=O) groups is 1. The highest BCUT2D eigenvalue weighted by Gasteiger charge is 2.52. The molecule has 3 N–H and O–H groups in total. The summed E-state index contributed by atoms with van der Waals surface area (Å²) < 4.78 is 10.9. The summed E-state index contributed by atoms with van der Waals surface area (Å²) in [6.45, 7) is 2.25. The van der Waals surface area contributed by atoms with Crippen LogP contribution in [0.3, 0.4) is 0 Å². The molecule has 2 fully saturated rings. The first-order chi connectivity index (χ1) is 15.4. The van der Waals surface area contributed by atoms with E-state index < -0.39 is 0 Å². The first kappa shape index (κ1) is 23.2. The van der Waals surface area contributed by atoms with E-state index in [1.807, 2.05) is 6.92 Å². The van der Waals surface area contributed by atoms with Crippen LogP contribution < -0.4 is 5.73 Å². The third-order valence-corrected chi connectivity index (χ3v) is 8.07. The average molecular weight is 442 g/mol. The molecule has 0 aliphatic heterocycles. The Morgan fingerprint density at radius 3 is 2.56 bits per heavy atom. The summed E-state index contributed by atoms with van der Waals surface area (Å²) in [4.78, 5) is 15.6. The van der Waals surface area contributed by atoms with Crippen molar-refractivity contribution in [2.75, 3.05) is 20.8 Å². The van der Waals surface area contributed by atoms with Crippen molar-refractivity contribution in [3.05, 3.63) is 34.9 Å². The number of rotatable bonds is 8. The number of nitrogens with zero attached hydrogens (tertiary/aromatic N) is 1. The molecule has 0 radical (unpaired) electrons. The van der Waals surface area contributed by atoms with Gasteiger partial charge >= 0.3 is 0 Å². The minimum atomic E-state index is -0.278. The minimum Gasteiger partial charge on any atom is -0.383 e. The molecule has 3 aliphatic carbocycles. The fourth-order valence-corrected chi connectivity index (χ4v) is 6.11. The first-order valence-corrected chi connectivity index (χ1v) is 12.2. The normalized spacial score (nSPS) is 27.8. The van der Waals surface area contributed by atoms with Crippen LogP contribution in [0.4, 0.5) is 0 Å². The van der Waals surface area contributed by atoms with Gasteiger partial charge in [-0.3, -0.25) is 15.1 Å². The maximum Gasteiger partial charge on any atom is 0.237 e. The standard InChI is InChI=1S/C26H39N3O3/c1-17(16-31-2)29(25(27)28)24(30)23-22-14-19(7-6-18-4-5-18)8-9-20(22)15-26(23)12-10-21(32-3)11-13-26/h8-9,14,17-18,21,23H,4-7,10-13,15-16H2,1-3H3,(H3,27,28)/t17?,21?,23-,26?/m0/s1. The number of hydrogen-bond acceptors (Lipinski definition) is 4. The molecule has 2 saturated carbocycles. The molecule has 3 aliphatic rings. The van der Waals surface area contributed by atoms with Crippen LogP contribution in [-0.2, 0) is 27.1 Å². The van der Waals surface area contributed by atoms with Crippen LogP contribution in [0.15, 0.2) is 18.2 Å². The van der Waals surface area contributed by atoms with Gasteiger partial charge in [0.05, 0.1) is 24.7 Å². The van der Waals surface area contributed by atoms with Crippen molar-refractivity contribution < 1.29 is 14.3 Å². The van der Waals surface area contributed by atoms with Crippen LogP contribution in [0.25, 0.3) is 0 Å². The number of benzene rings is 1. The molecule has 0 aromatic heterocycles. The molecule has 176 valence electrons. The fourth-order valence-electron chi connectivity index (χ4n) is 6.11. The Kier molecular flexibility index (Phi) is 6.91. The number of hydrogen-bond donors (Lipinski definition) is 2.